The number of nitrogens with zero attached hydrogens (tertiary/aromatic N) is 2. The van der Waals surface area contributed by atoms with Crippen LogP contribution in [0.25, 0.3) is 5.70 Å². The van der Waals surface area contributed by atoms with Gasteiger partial charge < -0.3 is 10.2 Å². The zero-order valence-electron chi connectivity index (χ0n) is 23.1. The fourth-order valence-corrected chi connectivity index (χ4v) is 5.32. The fraction of sp³-hybridized carbons (Fsp3) is 0.333. The summed E-state index contributed by atoms with van der Waals surface area (Å²) in [6.45, 7) is 8.05. The maximum absolute atomic E-state index is 14.9. The highest BCUT2D eigenvalue weighted by Crippen LogP contribution is 2.36. The fourth-order valence-electron chi connectivity index (χ4n) is 4.47. The molecule has 0 fully saturated rings. The third kappa shape index (κ3) is 6.45. The van der Waals surface area contributed by atoms with E-state index in [9.17, 15) is 22.0 Å². The van der Waals surface area contributed by atoms with Gasteiger partial charge in [-0.1, -0.05) is 29.7 Å². The summed E-state index contributed by atoms with van der Waals surface area (Å²) in [5, 5.41) is 3.26. The number of nitrogens with one attached hydrogen (secondary N) is 1. The SMILES string of the molecule is C#CC1C(=O)N(C)C(c2cnc(C(C)(C)F)c(F)c2)=C/C1=C(/C=C(C)C)[C@@H](C)Nc1ccccc1S(C)(=O)=O. The molecule has 1 N–H and O–H groups in total. The first-order valence-electron chi connectivity index (χ1n) is 12.3. The number of carbonyl (C=O) groups excluding carboxylic acids is 1. The number of alkyl halides is 1. The Bertz CT molecular complexity index is 1540. The van der Waals surface area contributed by atoms with E-state index in [1.807, 2.05) is 26.8 Å². The summed E-state index contributed by atoms with van der Waals surface area (Å²) in [6, 6.07) is 7.22. The van der Waals surface area contributed by atoms with Gasteiger partial charge in [-0.2, -0.15) is 0 Å². The lowest BCUT2D eigenvalue weighted by atomic mass is 9.85. The number of benzene rings is 1. The summed E-state index contributed by atoms with van der Waals surface area (Å²) in [5.41, 5.74) is 0.806. The van der Waals surface area contributed by atoms with Gasteiger partial charge in [0.25, 0.3) is 0 Å². The molecule has 0 saturated carbocycles. The first-order chi connectivity index (χ1) is 18.1. The van der Waals surface area contributed by atoms with Gasteiger partial charge in [0.2, 0.25) is 5.91 Å². The molecule has 1 aromatic heterocycles. The minimum Gasteiger partial charge on any atom is -0.377 e. The van der Waals surface area contributed by atoms with E-state index in [0.717, 1.165) is 17.9 Å². The van der Waals surface area contributed by atoms with Crippen molar-refractivity contribution >= 4 is 27.1 Å². The highest BCUT2D eigenvalue weighted by molar-refractivity contribution is 7.90. The van der Waals surface area contributed by atoms with Crippen LogP contribution in [0.1, 0.15) is 45.9 Å². The van der Waals surface area contributed by atoms with Gasteiger partial charge in [0.15, 0.2) is 9.84 Å². The molecular formula is C30H33F2N3O3S. The van der Waals surface area contributed by atoms with E-state index in [1.165, 1.54) is 38.1 Å². The highest BCUT2D eigenvalue weighted by atomic mass is 32.2. The molecule has 39 heavy (non-hydrogen) atoms. The number of hydrogen-bond donors (Lipinski definition) is 1. The minimum absolute atomic E-state index is 0.139. The first kappa shape index (κ1) is 29.8. The average Bonchev–Trinajstić information content (AvgIpc) is 2.82. The number of carbonyl (C=O) groups is 1. The van der Waals surface area contributed by atoms with Crippen molar-refractivity contribution in [1.82, 2.24) is 9.88 Å². The van der Waals surface area contributed by atoms with Gasteiger partial charge >= 0.3 is 0 Å². The quantitative estimate of drug-likeness (QED) is 0.448. The minimum atomic E-state index is -3.52. The predicted molar refractivity (Wildman–Crippen MR) is 150 cm³/mol. The molecule has 0 aliphatic carbocycles. The molecular weight excluding hydrogens is 520 g/mol. The van der Waals surface area contributed by atoms with Crippen molar-refractivity contribution in [2.45, 2.75) is 51.2 Å². The van der Waals surface area contributed by atoms with Crippen LogP contribution in [0.5, 0.6) is 0 Å². The third-order valence-electron chi connectivity index (χ3n) is 6.31. The van der Waals surface area contributed by atoms with Gasteiger partial charge in [-0.15, -0.1) is 6.42 Å². The van der Waals surface area contributed by atoms with Crippen LogP contribution >= 0.6 is 0 Å². The number of rotatable bonds is 7. The van der Waals surface area contributed by atoms with Gasteiger partial charge in [-0.25, -0.2) is 17.2 Å². The smallest absolute Gasteiger partial charge is 0.246 e. The normalized spacial score (nSPS) is 18.2. The number of halogens is 2. The molecule has 1 aromatic carbocycles. The van der Waals surface area contributed by atoms with Crippen molar-refractivity contribution in [1.29, 1.82) is 0 Å². The number of pyridine rings is 1. The maximum atomic E-state index is 14.9. The average molecular weight is 554 g/mol. The van der Waals surface area contributed by atoms with E-state index in [2.05, 4.69) is 16.2 Å². The Morgan fingerprint density at radius 3 is 2.46 bits per heavy atom. The molecule has 2 aromatic rings. The van der Waals surface area contributed by atoms with Crippen LogP contribution in [0.3, 0.4) is 0 Å². The summed E-state index contributed by atoms with van der Waals surface area (Å²) in [7, 11) is -1.98. The van der Waals surface area contributed by atoms with Gasteiger partial charge in [-0.05, 0) is 70.0 Å². The predicted octanol–water partition coefficient (Wildman–Crippen LogP) is 5.65. The number of amides is 1. The van der Waals surface area contributed by atoms with Gasteiger partial charge in [0.05, 0.1) is 16.3 Å². The van der Waals surface area contributed by atoms with Crippen LogP contribution in [-0.2, 0) is 20.3 Å². The van der Waals surface area contributed by atoms with Crippen LogP contribution < -0.4 is 5.32 Å². The summed E-state index contributed by atoms with van der Waals surface area (Å²) < 4.78 is 54.0. The van der Waals surface area contributed by atoms with E-state index in [1.54, 1.807) is 24.3 Å². The Hall–Kier alpha value is -3.77. The Balaban J connectivity index is 2.24. The Morgan fingerprint density at radius 2 is 1.92 bits per heavy atom. The third-order valence-corrected chi connectivity index (χ3v) is 7.47. The lowest BCUT2D eigenvalue weighted by molar-refractivity contribution is -0.128. The molecule has 9 heteroatoms. The Labute approximate surface area is 229 Å². The van der Waals surface area contributed by atoms with E-state index >= 15 is 0 Å². The number of para-hydroxylation sites is 1. The molecule has 0 spiro atoms. The number of anilines is 1. The summed E-state index contributed by atoms with van der Waals surface area (Å²) in [5.74, 6) is 0.395. The number of hydrogen-bond acceptors (Lipinski definition) is 5. The summed E-state index contributed by atoms with van der Waals surface area (Å²) in [6.07, 6.45) is 11.9. The van der Waals surface area contributed by atoms with E-state index < -0.39 is 39.2 Å². The van der Waals surface area contributed by atoms with Crippen LogP contribution in [0.2, 0.25) is 0 Å². The van der Waals surface area contributed by atoms with Crippen LogP contribution in [0, 0.1) is 24.1 Å². The maximum Gasteiger partial charge on any atom is 0.246 e. The zero-order valence-corrected chi connectivity index (χ0v) is 24.0. The van der Waals surface area contributed by atoms with Crippen molar-refractivity contribution in [3.05, 3.63) is 82.5 Å². The van der Waals surface area contributed by atoms with E-state index in [4.69, 9.17) is 6.42 Å². The first-order valence-corrected chi connectivity index (χ1v) is 14.2. The second kappa shape index (κ2) is 11.1. The van der Waals surface area contributed by atoms with Crippen LogP contribution in [0.15, 0.2) is 70.3 Å². The molecule has 1 amide bonds. The molecule has 2 heterocycles. The molecule has 0 bridgehead atoms. The molecule has 6 nitrogen and oxygen atoms in total. The second-order valence-corrected chi connectivity index (χ2v) is 12.3. The molecule has 206 valence electrons. The lowest BCUT2D eigenvalue weighted by Gasteiger charge is -2.32. The number of allylic oxidation sites excluding steroid dienone is 2. The monoisotopic (exact) mass is 553 g/mol. The number of aromatic nitrogens is 1. The Morgan fingerprint density at radius 1 is 1.28 bits per heavy atom. The van der Waals surface area contributed by atoms with Crippen molar-refractivity contribution in [2.24, 2.45) is 5.92 Å². The van der Waals surface area contributed by atoms with E-state index in [-0.39, 0.29) is 16.2 Å². The molecule has 1 aliphatic heterocycles. The number of terminal acetylenes is 1. The molecule has 1 aliphatic rings. The zero-order chi connectivity index (χ0) is 29.3. The van der Waals surface area contributed by atoms with Crippen LogP contribution in [0.4, 0.5) is 14.5 Å². The second-order valence-electron chi connectivity index (χ2n) is 10.3. The van der Waals surface area contributed by atoms with Crippen molar-refractivity contribution in [3.63, 3.8) is 0 Å². The van der Waals surface area contributed by atoms with Gasteiger partial charge in [0, 0.05) is 31.1 Å². The number of sulfone groups is 1. The van der Waals surface area contributed by atoms with Crippen molar-refractivity contribution in [2.75, 3.05) is 18.6 Å². The molecule has 0 radical (unpaired) electrons. The van der Waals surface area contributed by atoms with Crippen LogP contribution in [-0.4, -0.2) is 43.6 Å². The lowest BCUT2D eigenvalue weighted by Crippen LogP contribution is -2.37. The summed E-state index contributed by atoms with van der Waals surface area (Å²) in [4.78, 5) is 18.9. The molecule has 0 saturated heterocycles. The topological polar surface area (TPSA) is 79.4 Å². The molecule has 3 rings (SSSR count). The largest absolute Gasteiger partial charge is 0.377 e. The Kier molecular flexibility index (Phi) is 8.51. The molecule has 1 unspecified atom stereocenters. The van der Waals surface area contributed by atoms with Gasteiger partial charge in [0.1, 0.15) is 23.1 Å². The van der Waals surface area contributed by atoms with E-state index in [0.29, 0.717) is 22.5 Å². The highest BCUT2D eigenvalue weighted by Gasteiger charge is 2.34. The van der Waals surface area contributed by atoms with Crippen molar-refractivity contribution < 1.29 is 22.0 Å². The van der Waals surface area contributed by atoms with Crippen molar-refractivity contribution in [3.8, 4) is 12.3 Å². The summed E-state index contributed by atoms with van der Waals surface area (Å²) >= 11 is 0. The molecule has 2 atom stereocenters. The standard InChI is InChI=1S/C30H33F2N3O3S/c1-9-21-23(16-26(35(7)29(21)36)20-15-24(31)28(33-17-20)30(5,6)32)22(14-18(2)3)19(4)34-25-12-10-11-13-27(25)39(8,37)38/h1,10-17,19,21,34H,2-8H3/b23-22+/t19-,21?/m1/s1. The van der Waals surface area contributed by atoms with Gasteiger partial charge in [-0.3, -0.25) is 9.78 Å².